The molecular weight excluding hydrogens is 304 g/mol. The van der Waals surface area contributed by atoms with E-state index < -0.39 is 5.41 Å². The number of hydrogen-bond donors (Lipinski definition) is 3. The van der Waals surface area contributed by atoms with Crippen LogP contribution in [0.2, 0.25) is 0 Å². The summed E-state index contributed by atoms with van der Waals surface area (Å²) in [5.41, 5.74) is 1.15. The van der Waals surface area contributed by atoms with Crippen molar-refractivity contribution in [2.75, 3.05) is 6.61 Å². The number of amides is 2. The minimum atomic E-state index is -0.412. The van der Waals surface area contributed by atoms with Gasteiger partial charge in [-0.3, -0.25) is 9.59 Å². The summed E-state index contributed by atoms with van der Waals surface area (Å²) >= 11 is 0. The molecule has 1 aromatic rings. The van der Waals surface area contributed by atoms with E-state index >= 15 is 0 Å². The summed E-state index contributed by atoms with van der Waals surface area (Å²) in [6.45, 7) is 6.16. The maximum absolute atomic E-state index is 12.3. The van der Waals surface area contributed by atoms with Crippen molar-refractivity contribution in [3.63, 3.8) is 0 Å². The van der Waals surface area contributed by atoms with Crippen LogP contribution in [-0.4, -0.2) is 29.6 Å². The zero-order valence-corrected chi connectivity index (χ0v) is 14.8. The standard InChI is InChI=1S/C19H28N2O3/c1-19(2,3)18(24)20-12-13-4-6-15(7-5-13)17(23)21-16(10-11-22)14-8-9-14/h4-7,14,16,22H,8-12H2,1-3H3,(H,20,24)(H,21,23). The van der Waals surface area contributed by atoms with Gasteiger partial charge in [0.1, 0.15) is 0 Å². The Labute approximate surface area is 143 Å². The van der Waals surface area contributed by atoms with Crippen molar-refractivity contribution in [2.45, 2.75) is 52.6 Å². The molecule has 1 aliphatic rings. The molecule has 0 radical (unpaired) electrons. The smallest absolute Gasteiger partial charge is 0.251 e. The molecule has 0 saturated heterocycles. The van der Waals surface area contributed by atoms with Crippen molar-refractivity contribution >= 4 is 11.8 Å². The Hall–Kier alpha value is -1.88. The number of aliphatic hydroxyl groups excluding tert-OH is 1. The predicted octanol–water partition coefficient (Wildman–Crippen LogP) is 2.24. The maximum Gasteiger partial charge on any atom is 0.251 e. The van der Waals surface area contributed by atoms with Gasteiger partial charge in [0.2, 0.25) is 5.91 Å². The molecule has 0 heterocycles. The first kappa shape index (κ1) is 18.5. The number of carbonyl (C=O) groups excluding carboxylic acids is 2. The third-order valence-corrected chi connectivity index (χ3v) is 4.30. The minimum Gasteiger partial charge on any atom is -0.396 e. The molecule has 1 fully saturated rings. The molecule has 0 aliphatic heterocycles. The summed E-state index contributed by atoms with van der Waals surface area (Å²) in [5.74, 6) is 0.402. The van der Waals surface area contributed by atoms with Gasteiger partial charge in [-0.25, -0.2) is 0 Å². The first-order valence-electron chi connectivity index (χ1n) is 8.60. The lowest BCUT2D eigenvalue weighted by Gasteiger charge is -2.18. The van der Waals surface area contributed by atoms with E-state index in [4.69, 9.17) is 5.11 Å². The van der Waals surface area contributed by atoms with E-state index in [0.717, 1.165) is 18.4 Å². The van der Waals surface area contributed by atoms with Crippen molar-refractivity contribution in [3.8, 4) is 0 Å². The Balaban J connectivity index is 1.88. The quantitative estimate of drug-likeness (QED) is 0.716. The second-order valence-corrected chi connectivity index (χ2v) is 7.56. The predicted molar refractivity (Wildman–Crippen MR) is 93.4 cm³/mol. The molecule has 2 amide bonds. The number of carbonyl (C=O) groups is 2. The Morgan fingerprint density at radius 1 is 1.21 bits per heavy atom. The summed E-state index contributed by atoms with van der Waals surface area (Å²) in [4.78, 5) is 24.2. The molecule has 5 heteroatoms. The Kier molecular flexibility index (Phi) is 5.99. The van der Waals surface area contributed by atoms with Gasteiger partial charge < -0.3 is 15.7 Å². The average molecular weight is 332 g/mol. The Bertz CT molecular complexity index is 571. The number of aliphatic hydroxyl groups is 1. The van der Waals surface area contributed by atoms with Crippen LogP contribution in [0.3, 0.4) is 0 Å². The van der Waals surface area contributed by atoms with Crippen LogP contribution in [0.4, 0.5) is 0 Å². The molecular formula is C19H28N2O3. The van der Waals surface area contributed by atoms with Crippen LogP contribution >= 0.6 is 0 Å². The van der Waals surface area contributed by atoms with Gasteiger partial charge in [-0.1, -0.05) is 32.9 Å². The first-order chi connectivity index (χ1) is 11.3. The molecule has 1 atom stereocenters. The van der Waals surface area contributed by atoms with Gasteiger partial charge in [-0.05, 0) is 42.9 Å². The molecule has 3 N–H and O–H groups in total. The molecule has 1 aromatic carbocycles. The van der Waals surface area contributed by atoms with E-state index in [1.54, 1.807) is 12.1 Å². The summed E-state index contributed by atoms with van der Waals surface area (Å²) in [5, 5.41) is 15.0. The second-order valence-electron chi connectivity index (χ2n) is 7.56. The molecule has 5 nitrogen and oxygen atoms in total. The van der Waals surface area contributed by atoms with Gasteiger partial charge in [0.05, 0.1) is 0 Å². The third-order valence-electron chi connectivity index (χ3n) is 4.30. The lowest BCUT2D eigenvalue weighted by atomic mass is 9.95. The van der Waals surface area contributed by atoms with E-state index in [-0.39, 0.29) is 24.5 Å². The molecule has 0 aromatic heterocycles. The van der Waals surface area contributed by atoms with Crippen molar-refractivity contribution in [2.24, 2.45) is 11.3 Å². The van der Waals surface area contributed by atoms with E-state index in [1.165, 1.54) is 0 Å². The van der Waals surface area contributed by atoms with Crippen molar-refractivity contribution in [1.29, 1.82) is 0 Å². The highest BCUT2D eigenvalue weighted by molar-refractivity contribution is 5.94. The van der Waals surface area contributed by atoms with Gasteiger partial charge in [-0.15, -0.1) is 0 Å². The highest BCUT2D eigenvalue weighted by atomic mass is 16.3. The summed E-state index contributed by atoms with van der Waals surface area (Å²) in [6, 6.07) is 7.33. The van der Waals surface area contributed by atoms with E-state index in [2.05, 4.69) is 10.6 Å². The fraction of sp³-hybridized carbons (Fsp3) is 0.579. The van der Waals surface area contributed by atoms with Gasteiger partial charge in [0, 0.05) is 30.2 Å². The summed E-state index contributed by atoms with van der Waals surface area (Å²) < 4.78 is 0. The van der Waals surface area contributed by atoms with Crippen LogP contribution in [-0.2, 0) is 11.3 Å². The van der Waals surface area contributed by atoms with Crippen LogP contribution in [0, 0.1) is 11.3 Å². The number of rotatable bonds is 7. The fourth-order valence-corrected chi connectivity index (χ4v) is 2.54. The average Bonchev–Trinajstić information content (AvgIpc) is 3.36. The summed E-state index contributed by atoms with van der Waals surface area (Å²) in [7, 11) is 0. The van der Waals surface area contributed by atoms with Crippen LogP contribution in [0.15, 0.2) is 24.3 Å². The third kappa shape index (κ3) is 5.34. The molecule has 2 rings (SSSR count). The van der Waals surface area contributed by atoms with E-state index in [0.29, 0.717) is 24.4 Å². The lowest BCUT2D eigenvalue weighted by molar-refractivity contribution is -0.128. The Morgan fingerprint density at radius 2 is 1.83 bits per heavy atom. The molecule has 0 bridgehead atoms. The highest BCUT2D eigenvalue weighted by Crippen LogP contribution is 2.34. The van der Waals surface area contributed by atoms with Crippen LogP contribution in [0.25, 0.3) is 0 Å². The largest absolute Gasteiger partial charge is 0.396 e. The lowest BCUT2D eigenvalue weighted by Crippen LogP contribution is -2.37. The van der Waals surface area contributed by atoms with Crippen LogP contribution in [0.1, 0.15) is 56.0 Å². The molecule has 24 heavy (non-hydrogen) atoms. The van der Waals surface area contributed by atoms with Crippen molar-refractivity contribution < 1.29 is 14.7 Å². The Morgan fingerprint density at radius 3 is 2.33 bits per heavy atom. The van der Waals surface area contributed by atoms with E-state index in [1.807, 2.05) is 32.9 Å². The first-order valence-corrected chi connectivity index (χ1v) is 8.60. The van der Waals surface area contributed by atoms with Crippen molar-refractivity contribution in [3.05, 3.63) is 35.4 Å². The van der Waals surface area contributed by atoms with Crippen LogP contribution < -0.4 is 10.6 Å². The molecule has 0 spiro atoms. The molecule has 1 aliphatic carbocycles. The zero-order chi connectivity index (χ0) is 17.7. The maximum atomic E-state index is 12.3. The molecule has 1 unspecified atom stereocenters. The van der Waals surface area contributed by atoms with Gasteiger partial charge in [0.25, 0.3) is 5.91 Å². The highest BCUT2D eigenvalue weighted by Gasteiger charge is 2.31. The van der Waals surface area contributed by atoms with Gasteiger partial charge in [0.15, 0.2) is 0 Å². The molecule has 132 valence electrons. The topological polar surface area (TPSA) is 78.4 Å². The number of nitrogens with one attached hydrogen (secondary N) is 2. The zero-order valence-electron chi connectivity index (χ0n) is 14.8. The fourth-order valence-electron chi connectivity index (χ4n) is 2.54. The van der Waals surface area contributed by atoms with Gasteiger partial charge >= 0.3 is 0 Å². The van der Waals surface area contributed by atoms with Gasteiger partial charge in [-0.2, -0.15) is 0 Å². The normalized spacial score (nSPS) is 15.7. The summed E-state index contributed by atoms with van der Waals surface area (Å²) in [6.07, 6.45) is 2.85. The second kappa shape index (κ2) is 7.79. The van der Waals surface area contributed by atoms with E-state index in [9.17, 15) is 9.59 Å². The molecule has 1 saturated carbocycles. The number of benzene rings is 1. The number of hydrogen-bond acceptors (Lipinski definition) is 3. The van der Waals surface area contributed by atoms with Crippen molar-refractivity contribution in [1.82, 2.24) is 10.6 Å². The van der Waals surface area contributed by atoms with Crippen LogP contribution in [0.5, 0.6) is 0 Å². The monoisotopic (exact) mass is 332 g/mol. The SMILES string of the molecule is CC(C)(C)C(=O)NCc1ccc(C(=O)NC(CCO)C2CC2)cc1. The minimum absolute atomic E-state index is 0.000554.